The molecule has 1 aromatic heterocycles. The predicted molar refractivity (Wildman–Crippen MR) is 51.2 cm³/mol. The van der Waals surface area contributed by atoms with Crippen molar-refractivity contribution in [3.8, 4) is 0 Å². The van der Waals surface area contributed by atoms with Crippen molar-refractivity contribution >= 4 is 28.2 Å². The molecule has 0 aliphatic carbocycles. The van der Waals surface area contributed by atoms with E-state index in [0.29, 0.717) is 0 Å². The van der Waals surface area contributed by atoms with Crippen molar-refractivity contribution in [1.29, 1.82) is 0 Å². The summed E-state index contributed by atoms with van der Waals surface area (Å²) in [7, 11) is 0. The van der Waals surface area contributed by atoms with Crippen molar-refractivity contribution in [3.63, 3.8) is 0 Å². The number of nitro groups is 1. The number of non-ortho nitro benzene ring substituents is 1. The lowest BCUT2D eigenvalue weighted by Gasteiger charge is -1.98. The topological polar surface area (TPSA) is 68.9 Å². The molecule has 15 heavy (non-hydrogen) atoms. The maximum Gasteiger partial charge on any atom is 0.270 e. The van der Waals surface area contributed by atoms with Gasteiger partial charge in [-0.25, -0.2) is 4.98 Å². The summed E-state index contributed by atoms with van der Waals surface area (Å²) in [5.41, 5.74) is 0.0189. The first kappa shape index (κ1) is 9.72. The zero-order valence-electron chi connectivity index (χ0n) is 7.15. The maximum absolute atomic E-state index is 13.2. The van der Waals surface area contributed by atoms with Crippen LogP contribution in [-0.4, -0.2) is 14.9 Å². The summed E-state index contributed by atoms with van der Waals surface area (Å²) in [5.74, 6) is -0.867. The van der Waals surface area contributed by atoms with Gasteiger partial charge >= 0.3 is 0 Å². The van der Waals surface area contributed by atoms with Crippen LogP contribution < -0.4 is 0 Å². The van der Waals surface area contributed by atoms with E-state index in [9.17, 15) is 14.5 Å². The number of aromatic nitrogens is 2. The lowest BCUT2D eigenvalue weighted by molar-refractivity contribution is -0.384. The van der Waals surface area contributed by atoms with E-state index in [0.717, 1.165) is 6.07 Å². The van der Waals surface area contributed by atoms with Crippen LogP contribution in [0.25, 0.3) is 10.9 Å². The molecule has 0 saturated heterocycles. The first-order valence-electron chi connectivity index (χ1n) is 3.85. The Balaban J connectivity index is 2.76. The van der Waals surface area contributed by atoms with Crippen molar-refractivity contribution in [2.24, 2.45) is 0 Å². The molecule has 1 aromatic carbocycles. The molecule has 0 unspecified atom stereocenters. The molecular weight excluding hydrogens is 225 g/mol. The highest BCUT2D eigenvalue weighted by molar-refractivity contribution is 6.28. The second-order valence-corrected chi connectivity index (χ2v) is 3.08. The fourth-order valence-electron chi connectivity index (χ4n) is 1.17. The SMILES string of the molecule is O=[N+]([O-])c1ccc2nc(Cl)nc(F)c2c1. The minimum absolute atomic E-state index is 0.0198. The number of hydrogen-bond acceptors (Lipinski definition) is 4. The Morgan fingerprint density at radius 1 is 1.40 bits per heavy atom. The normalized spacial score (nSPS) is 10.5. The Bertz CT molecular complexity index is 561. The van der Waals surface area contributed by atoms with E-state index >= 15 is 0 Å². The van der Waals surface area contributed by atoms with Crippen molar-refractivity contribution in [2.75, 3.05) is 0 Å². The lowest BCUT2D eigenvalue weighted by atomic mass is 10.2. The maximum atomic E-state index is 13.2. The molecule has 0 aliphatic rings. The molecule has 2 rings (SSSR count). The van der Waals surface area contributed by atoms with Crippen LogP contribution in [0.5, 0.6) is 0 Å². The molecule has 0 aliphatic heterocycles. The van der Waals surface area contributed by atoms with E-state index in [1.807, 2.05) is 0 Å². The van der Waals surface area contributed by atoms with E-state index in [1.54, 1.807) is 0 Å². The third-order valence-electron chi connectivity index (χ3n) is 1.82. The highest BCUT2D eigenvalue weighted by Gasteiger charge is 2.11. The average Bonchev–Trinajstić information content (AvgIpc) is 2.16. The summed E-state index contributed by atoms with van der Waals surface area (Å²) < 4.78 is 13.2. The molecule has 0 atom stereocenters. The molecule has 76 valence electrons. The standard InChI is InChI=1S/C8H3ClFN3O2/c9-8-11-6-2-1-4(13(14)15)3-5(6)7(10)12-8/h1-3H. The third kappa shape index (κ3) is 1.71. The Labute approximate surface area is 87.7 Å². The monoisotopic (exact) mass is 227 g/mol. The first-order valence-corrected chi connectivity index (χ1v) is 4.23. The van der Waals surface area contributed by atoms with Crippen LogP contribution in [0.1, 0.15) is 0 Å². The first-order chi connectivity index (χ1) is 7.08. The van der Waals surface area contributed by atoms with Crippen molar-refractivity contribution < 1.29 is 9.31 Å². The van der Waals surface area contributed by atoms with Gasteiger partial charge in [-0.05, 0) is 17.7 Å². The van der Waals surface area contributed by atoms with Gasteiger partial charge in [-0.3, -0.25) is 10.1 Å². The summed E-state index contributed by atoms with van der Waals surface area (Å²) in [4.78, 5) is 16.8. The summed E-state index contributed by atoms with van der Waals surface area (Å²) in [6, 6.07) is 3.62. The Hall–Kier alpha value is -1.82. The minimum Gasteiger partial charge on any atom is -0.258 e. The highest BCUT2D eigenvalue weighted by Crippen LogP contribution is 2.22. The number of benzene rings is 1. The number of nitro benzene ring substituents is 1. The van der Waals surface area contributed by atoms with Crippen LogP contribution in [0.2, 0.25) is 5.28 Å². The van der Waals surface area contributed by atoms with Crippen LogP contribution >= 0.6 is 11.6 Å². The molecule has 5 nitrogen and oxygen atoms in total. The Kier molecular flexibility index (Phi) is 2.20. The number of rotatable bonds is 1. The van der Waals surface area contributed by atoms with E-state index in [2.05, 4.69) is 9.97 Å². The molecule has 0 saturated carbocycles. The van der Waals surface area contributed by atoms with Gasteiger partial charge in [-0.15, -0.1) is 0 Å². The lowest BCUT2D eigenvalue weighted by Crippen LogP contribution is -1.93. The van der Waals surface area contributed by atoms with Crippen molar-refractivity contribution in [3.05, 3.63) is 39.5 Å². The van der Waals surface area contributed by atoms with Crippen LogP contribution in [0.3, 0.4) is 0 Å². The van der Waals surface area contributed by atoms with Crippen LogP contribution in [-0.2, 0) is 0 Å². The molecule has 7 heteroatoms. The van der Waals surface area contributed by atoms with E-state index in [-0.39, 0.29) is 21.9 Å². The molecule has 1 heterocycles. The summed E-state index contributed by atoms with van der Waals surface area (Å²) in [6.45, 7) is 0. The molecule has 0 bridgehead atoms. The van der Waals surface area contributed by atoms with Crippen molar-refractivity contribution in [1.82, 2.24) is 9.97 Å². The largest absolute Gasteiger partial charge is 0.270 e. The Morgan fingerprint density at radius 2 is 2.13 bits per heavy atom. The third-order valence-corrected chi connectivity index (χ3v) is 1.99. The average molecular weight is 228 g/mol. The predicted octanol–water partition coefficient (Wildman–Crippen LogP) is 2.33. The number of fused-ring (bicyclic) bond motifs is 1. The van der Waals surface area contributed by atoms with Gasteiger partial charge in [0.15, 0.2) is 0 Å². The van der Waals surface area contributed by atoms with Crippen LogP contribution in [0.4, 0.5) is 10.1 Å². The molecule has 0 spiro atoms. The molecule has 0 N–H and O–H groups in total. The number of hydrogen-bond donors (Lipinski definition) is 0. The zero-order chi connectivity index (χ0) is 11.0. The van der Waals surface area contributed by atoms with Gasteiger partial charge in [-0.2, -0.15) is 9.37 Å². The summed E-state index contributed by atoms with van der Waals surface area (Å²) in [5, 5.41) is 10.2. The summed E-state index contributed by atoms with van der Waals surface area (Å²) in [6.07, 6.45) is 0. The number of halogens is 2. The molecule has 2 aromatic rings. The van der Waals surface area contributed by atoms with E-state index in [1.165, 1.54) is 12.1 Å². The van der Waals surface area contributed by atoms with Crippen LogP contribution in [0.15, 0.2) is 18.2 Å². The van der Waals surface area contributed by atoms with Gasteiger partial charge in [0.05, 0.1) is 15.8 Å². The second-order valence-electron chi connectivity index (χ2n) is 2.74. The zero-order valence-corrected chi connectivity index (χ0v) is 7.90. The number of nitrogens with zero attached hydrogens (tertiary/aromatic N) is 3. The van der Waals surface area contributed by atoms with E-state index in [4.69, 9.17) is 11.6 Å². The molecular formula is C8H3ClFN3O2. The molecule has 0 radical (unpaired) electrons. The Morgan fingerprint density at radius 3 is 2.80 bits per heavy atom. The van der Waals surface area contributed by atoms with Gasteiger partial charge < -0.3 is 0 Å². The van der Waals surface area contributed by atoms with Crippen LogP contribution in [0, 0.1) is 16.1 Å². The van der Waals surface area contributed by atoms with Gasteiger partial charge in [0.25, 0.3) is 5.69 Å². The van der Waals surface area contributed by atoms with E-state index < -0.39 is 10.9 Å². The highest BCUT2D eigenvalue weighted by atomic mass is 35.5. The summed E-state index contributed by atoms with van der Waals surface area (Å²) >= 11 is 5.43. The fraction of sp³-hybridized carbons (Fsp3) is 0. The van der Waals surface area contributed by atoms with Crippen molar-refractivity contribution in [2.45, 2.75) is 0 Å². The van der Waals surface area contributed by atoms with Gasteiger partial charge in [0, 0.05) is 12.1 Å². The second kappa shape index (κ2) is 3.39. The molecule has 0 fully saturated rings. The van der Waals surface area contributed by atoms with Gasteiger partial charge in [0.1, 0.15) is 0 Å². The van der Waals surface area contributed by atoms with Gasteiger partial charge in [0.2, 0.25) is 11.2 Å². The van der Waals surface area contributed by atoms with Gasteiger partial charge in [-0.1, -0.05) is 0 Å². The minimum atomic E-state index is -0.867. The smallest absolute Gasteiger partial charge is 0.258 e. The fourth-order valence-corrected chi connectivity index (χ4v) is 1.33. The molecule has 0 amide bonds. The quantitative estimate of drug-likeness (QED) is 0.324.